The van der Waals surface area contributed by atoms with Gasteiger partial charge in [0.2, 0.25) is 0 Å². The first kappa shape index (κ1) is 20.4. The van der Waals surface area contributed by atoms with Crippen LogP contribution in [0.4, 0.5) is 0 Å². The summed E-state index contributed by atoms with van der Waals surface area (Å²) in [5.41, 5.74) is 1.84. The highest BCUT2D eigenvalue weighted by molar-refractivity contribution is 14.0. The number of rotatable bonds is 6. The predicted molar refractivity (Wildman–Crippen MR) is 109 cm³/mol. The number of carbonyl (C=O) groups excluding carboxylic acids is 1. The van der Waals surface area contributed by atoms with E-state index in [0.29, 0.717) is 24.6 Å². The van der Waals surface area contributed by atoms with Crippen molar-refractivity contribution in [3.05, 3.63) is 52.0 Å². The first-order valence-corrected chi connectivity index (χ1v) is 8.24. The Labute approximate surface area is 163 Å². The lowest BCUT2D eigenvalue weighted by molar-refractivity contribution is 0.0954. The van der Waals surface area contributed by atoms with E-state index in [-0.39, 0.29) is 29.9 Å². The average molecular weight is 459 g/mol. The third kappa shape index (κ3) is 6.44. The van der Waals surface area contributed by atoms with E-state index in [1.807, 2.05) is 0 Å². The zero-order chi connectivity index (χ0) is 16.5. The summed E-state index contributed by atoms with van der Waals surface area (Å²) >= 11 is 1.72. The minimum atomic E-state index is -0.128. The maximum Gasteiger partial charge on any atom is 0.252 e. The van der Waals surface area contributed by atoms with Gasteiger partial charge < -0.3 is 16.0 Å². The van der Waals surface area contributed by atoms with Gasteiger partial charge in [0, 0.05) is 37.4 Å². The predicted octanol–water partition coefficient (Wildman–Crippen LogP) is 2.16. The number of nitrogens with one attached hydrogen (secondary N) is 3. The fourth-order valence-corrected chi connectivity index (χ4v) is 2.77. The van der Waals surface area contributed by atoms with Gasteiger partial charge in [-0.2, -0.15) is 0 Å². The number of aromatic nitrogens is 1. The molecule has 0 aliphatic heterocycles. The van der Waals surface area contributed by atoms with Gasteiger partial charge >= 0.3 is 0 Å². The molecule has 130 valence electrons. The Bertz CT molecular complexity index is 659. The lowest BCUT2D eigenvalue weighted by atomic mass is 10.3. The molecule has 0 aromatic carbocycles. The van der Waals surface area contributed by atoms with E-state index in [1.165, 1.54) is 10.4 Å². The van der Waals surface area contributed by atoms with Crippen LogP contribution in [0.3, 0.4) is 0 Å². The van der Waals surface area contributed by atoms with Crippen molar-refractivity contribution in [2.75, 3.05) is 20.1 Å². The first-order valence-electron chi connectivity index (χ1n) is 7.36. The number of amides is 1. The zero-order valence-corrected chi connectivity index (χ0v) is 16.9. The second-order valence-electron chi connectivity index (χ2n) is 4.88. The summed E-state index contributed by atoms with van der Waals surface area (Å²) in [7, 11) is 1.73. The second kappa shape index (κ2) is 11.0. The van der Waals surface area contributed by atoms with Crippen LogP contribution in [0.2, 0.25) is 0 Å². The molecule has 2 heterocycles. The van der Waals surface area contributed by atoms with Crippen LogP contribution in [-0.2, 0) is 6.54 Å². The monoisotopic (exact) mass is 459 g/mol. The van der Waals surface area contributed by atoms with Crippen molar-refractivity contribution in [1.82, 2.24) is 20.9 Å². The van der Waals surface area contributed by atoms with Crippen LogP contribution < -0.4 is 16.0 Å². The number of guanidine groups is 1. The van der Waals surface area contributed by atoms with Crippen molar-refractivity contribution in [3.8, 4) is 0 Å². The topological polar surface area (TPSA) is 78.4 Å². The molecular weight excluding hydrogens is 437 g/mol. The van der Waals surface area contributed by atoms with Crippen LogP contribution in [0.1, 0.15) is 20.8 Å². The Morgan fingerprint density at radius 2 is 2.04 bits per heavy atom. The summed E-state index contributed by atoms with van der Waals surface area (Å²) in [4.78, 5) is 21.2. The summed E-state index contributed by atoms with van der Waals surface area (Å²) in [5.74, 6) is 0.588. The summed E-state index contributed by atoms with van der Waals surface area (Å²) in [5, 5.41) is 11.3. The highest BCUT2D eigenvalue weighted by Crippen LogP contribution is 2.14. The molecule has 8 heteroatoms. The molecule has 0 bridgehead atoms. The molecule has 1 amide bonds. The van der Waals surface area contributed by atoms with Crippen LogP contribution in [0, 0.1) is 6.92 Å². The van der Waals surface area contributed by atoms with Gasteiger partial charge in [0.25, 0.3) is 5.91 Å². The number of hydrogen-bond donors (Lipinski definition) is 3. The molecule has 0 unspecified atom stereocenters. The smallest absolute Gasteiger partial charge is 0.252 e. The van der Waals surface area contributed by atoms with Crippen molar-refractivity contribution in [2.24, 2.45) is 4.99 Å². The lowest BCUT2D eigenvalue weighted by Crippen LogP contribution is -2.41. The van der Waals surface area contributed by atoms with E-state index >= 15 is 0 Å². The van der Waals surface area contributed by atoms with Gasteiger partial charge in [-0.05, 0) is 36.1 Å². The number of halogens is 1. The Morgan fingerprint density at radius 1 is 1.25 bits per heavy atom. The summed E-state index contributed by atoms with van der Waals surface area (Å²) in [6.45, 7) is 3.93. The van der Waals surface area contributed by atoms with Crippen LogP contribution in [0.5, 0.6) is 0 Å². The van der Waals surface area contributed by atoms with E-state index in [9.17, 15) is 4.79 Å². The molecule has 0 spiro atoms. The minimum absolute atomic E-state index is 0. The number of pyridine rings is 1. The van der Waals surface area contributed by atoms with Crippen molar-refractivity contribution in [2.45, 2.75) is 13.5 Å². The van der Waals surface area contributed by atoms with Gasteiger partial charge in [-0.25, -0.2) is 0 Å². The van der Waals surface area contributed by atoms with Gasteiger partial charge in [0.1, 0.15) is 0 Å². The molecule has 0 atom stereocenters. The maximum atomic E-state index is 11.9. The van der Waals surface area contributed by atoms with Gasteiger partial charge in [0.05, 0.1) is 12.1 Å². The molecule has 2 aromatic heterocycles. The minimum Gasteiger partial charge on any atom is -0.355 e. The number of thiophene rings is 1. The molecule has 2 rings (SSSR count). The Balaban J connectivity index is 0.00000288. The fraction of sp³-hybridized carbons (Fsp3) is 0.312. The number of nitrogens with zero attached hydrogens (tertiary/aromatic N) is 2. The lowest BCUT2D eigenvalue weighted by Gasteiger charge is -2.12. The molecule has 0 saturated carbocycles. The highest BCUT2D eigenvalue weighted by atomic mass is 127. The normalized spacial score (nSPS) is 10.7. The number of aliphatic imine (C=N–C) groups is 1. The molecule has 0 aliphatic rings. The van der Waals surface area contributed by atoms with E-state index in [0.717, 1.165) is 6.54 Å². The third-order valence-corrected chi connectivity index (χ3v) is 4.26. The molecule has 0 aliphatic carbocycles. The SMILES string of the molecule is CN=C(NCCNC(=O)c1cccnc1)NCc1sccc1C.I. The molecule has 0 saturated heterocycles. The van der Waals surface area contributed by atoms with Crippen molar-refractivity contribution in [3.63, 3.8) is 0 Å². The highest BCUT2D eigenvalue weighted by Gasteiger charge is 2.05. The largest absolute Gasteiger partial charge is 0.355 e. The molecule has 2 aromatic rings. The summed E-state index contributed by atoms with van der Waals surface area (Å²) < 4.78 is 0. The van der Waals surface area contributed by atoms with Gasteiger partial charge in [-0.1, -0.05) is 0 Å². The molecular formula is C16H22IN5OS. The second-order valence-corrected chi connectivity index (χ2v) is 5.88. The fourth-order valence-electron chi connectivity index (χ4n) is 1.93. The number of hydrogen-bond acceptors (Lipinski definition) is 4. The molecule has 6 nitrogen and oxygen atoms in total. The van der Waals surface area contributed by atoms with Crippen molar-refractivity contribution >= 4 is 47.2 Å². The van der Waals surface area contributed by atoms with Crippen molar-refractivity contribution in [1.29, 1.82) is 0 Å². The van der Waals surface area contributed by atoms with Gasteiger partial charge in [-0.15, -0.1) is 35.3 Å². The van der Waals surface area contributed by atoms with Crippen LogP contribution in [-0.4, -0.2) is 37.0 Å². The van der Waals surface area contributed by atoms with E-state index in [2.05, 4.69) is 44.3 Å². The van der Waals surface area contributed by atoms with Crippen LogP contribution in [0.15, 0.2) is 41.0 Å². The number of aryl methyl sites for hydroxylation is 1. The first-order chi connectivity index (χ1) is 11.2. The standard InChI is InChI=1S/C16H21N5OS.HI/c1-12-5-9-23-14(12)11-21-16(17-2)20-8-7-19-15(22)13-4-3-6-18-10-13;/h3-6,9-10H,7-8,11H2,1-2H3,(H,19,22)(H2,17,20,21);1H. The molecule has 3 N–H and O–H groups in total. The average Bonchev–Trinajstić information content (AvgIpc) is 3.00. The Kier molecular flexibility index (Phi) is 9.31. The van der Waals surface area contributed by atoms with E-state index in [4.69, 9.17) is 0 Å². The van der Waals surface area contributed by atoms with Gasteiger partial charge in [0.15, 0.2) is 5.96 Å². The summed E-state index contributed by atoms with van der Waals surface area (Å²) in [6, 6.07) is 5.58. The summed E-state index contributed by atoms with van der Waals surface area (Å²) in [6.07, 6.45) is 3.19. The molecule has 24 heavy (non-hydrogen) atoms. The number of carbonyl (C=O) groups is 1. The van der Waals surface area contributed by atoms with Gasteiger partial charge in [-0.3, -0.25) is 14.8 Å². The third-order valence-electron chi connectivity index (χ3n) is 3.23. The Morgan fingerprint density at radius 3 is 2.67 bits per heavy atom. The molecule has 0 fully saturated rings. The maximum absolute atomic E-state index is 11.9. The van der Waals surface area contributed by atoms with E-state index in [1.54, 1.807) is 42.9 Å². The van der Waals surface area contributed by atoms with Crippen LogP contribution in [0.25, 0.3) is 0 Å². The zero-order valence-electron chi connectivity index (χ0n) is 13.7. The van der Waals surface area contributed by atoms with Crippen molar-refractivity contribution < 1.29 is 4.79 Å². The Hall–Kier alpha value is -1.68. The van der Waals surface area contributed by atoms with Crippen LogP contribution >= 0.6 is 35.3 Å². The molecule has 0 radical (unpaired) electrons. The van der Waals surface area contributed by atoms with E-state index < -0.39 is 0 Å². The quantitative estimate of drug-likeness (QED) is 0.268.